The van der Waals surface area contributed by atoms with Crippen LogP contribution in [0.3, 0.4) is 0 Å². The van der Waals surface area contributed by atoms with Gasteiger partial charge in [-0.25, -0.2) is 0 Å². The van der Waals surface area contributed by atoms with Crippen molar-refractivity contribution in [1.29, 1.82) is 0 Å². The van der Waals surface area contributed by atoms with Gasteiger partial charge in [-0.2, -0.15) is 0 Å². The molecule has 2 nitrogen and oxygen atoms in total. The molecule has 0 aliphatic rings. The van der Waals surface area contributed by atoms with E-state index in [2.05, 4.69) is 54.2 Å². The van der Waals surface area contributed by atoms with E-state index in [9.17, 15) is 0 Å². The summed E-state index contributed by atoms with van der Waals surface area (Å²) < 4.78 is 7.02. The number of likely N-dealkylation sites (N-methyl/N-ethyl adjacent to an activating group) is 1. The molecule has 98 valence electrons. The molecular formula is C13H22BrNOS. The molecule has 0 radical (unpaired) electrons. The van der Waals surface area contributed by atoms with Crippen LogP contribution in [-0.4, -0.2) is 25.3 Å². The highest BCUT2D eigenvalue weighted by Crippen LogP contribution is 2.24. The summed E-state index contributed by atoms with van der Waals surface area (Å²) in [5.74, 6) is 0. The van der Waals surface area contributed by atoms with Crippen molar-refractivity contribution in [3.63, 3.8) is 0 Å². The first kappa shape index (κ1) is 15.2. The Hall–Kier alpha value is 0.1000. The molecule has 0 aliphatic heterocycles. The molecular weight excluding hydrogens is 298 g/mol. The van der Waals surface area contributed by atoms with Gasteiger partial charge in [0.15, 0.2) is 0 Å². The maximum atomic E-state index is 5.82. The molecule has 1 aromatic rings. The summed E-state index contributed by atoms with van der Waals surface area (Å²) in [5.41, 5.74) is 0. The lowest BCUT2D eigenvalue weighted by Gasteiger charge is -2.26. The molecule has 0 fully saturated rings. The lowest BCUT2D eigenvalue weighted by atomic mass is 10.0. The van der Waals surface area contributed by atoms with Gasteiger partial charge < -0.3 is 10.1 Å². The van der Waals surface area contributed by atoms with E-state index in [1.807, 2.05) is 11.3 Å². The largest absolute Gasteiger partial charge is 0.377 e. The van der Waals surface area contributed by atoms with Crippen molar-refractivity contribution in [2.45, 2.75) is 45.8 Å². The Balaban J connectivity index is 2.63. The van der Waals surface area contributed by atoms with E-state index in [1.54, 1.807) is 0 Å². The number of hydrogen-bond acceptors (Lipinski definition) is 3. The molecule has 0 aliphatic carbocycles. The van der Waals surface area contributed by atoms with E-state index < -0.39 is 0 Å². The summed E-state index contributed by atoms with van der Waals surface area (Å²) in [5, 5.41) is 3.54. The van der Waals surface area contributed by atoms with Gasteiger partial charge in [0.25, 0.3) is 0 Å². The van der Waals surface area contributed by atoms with Gasteiger partial charge in [0, 0.05) is 17.5 Å². The summed E-state index contributed by atoms with van der Waals surface area (Å²) in [7, 11) is 0. The van der Waals surface area contributed by atoms with Crippen LogP contribution in [0.15, 0.2) is 15.9 Å². The minimum atomic E-state index is 0.306. The highest BCUT2D eigenvalue weighted by molar-refractivity contribution is 9.11. The van der Waals surface area contributed by atoms with Crippen LogP contribution in [-0.2, 0) is 11.2 Å². The molecule has 1 rings (SSSR count). The van der Waals surface area contributed by atoms with Gasteiger partial charge in [-0.15, -0.1) is 11.3 Å². The molecule has 2 atom stereocenters. The molecule has 0 saturated heterocycles. The van der Waals surface area contributed by atoms with Crippen molar-refractivity contribution in [1.82, 2.24) is 5.32 Å². The molecule has 0 spiro atoms. The van der Waals surface area contributed by atoms with Crippen molar-refractivity contribution >= 4 is 27.3 Å². The van der Waals surface area contributed by atoms with Crippen LogP contribution in [0, 0.1) is 0 Å². The molecule has 2 unspecified atom stereocenters. The van der Waals surface area contributed by atoms with Crippen molar-refractivity contribution in [2.24, 2.45) is 0 Å². The molecule has 0 aromatic carbocycles. The van der Waals surface area contributed by atoms with Crippen molar-refractivity contribution in [2.75, 3.05) is 13.2 Å². The van der Waals surface area contributed by atoms with Crippen molar-refractivity contribution < 1.29 is 4.74 Å². The quantitative estimate of drug-likeness (QED) is 0.786. The van der Waals surface area contributed by atoms with Crippen LogP contribution >= 0.6 is 27.3 Å². The minimum Gasteiger partial charge on any atom is -0.377 e. The monoisotopic (exact) mass is 319 g/mol. The van der Waals surface area contributed by atoms with Crippen LogP contribution < -0.4 is 5.32 Å². The topological polar surface area (TPSA) is 21.3 Å². The number of nitrogens with one attached hydrogen (secondary N) is 1. The van der Waals surface area contributed by atoms with Crippen LogP contribution in [0.5, 0.6) is 0 Å². The summed E-state index contributed by atoms with van der Waals surface area (Å²) in [6.45, 7) is 8.17. The van der Waals surface area contributed by atoms with E-state index >= 15 is 0 Å². The zero-order valence-corrected chi connectivity index (χ0v) is 13.2. The van der Waals surface area contributed by atoms with Gasteiger partial charge in [0.2, 0.25) is 0 Å². The van der Waals surface area contributed by atoms with Gasteiger partial charge in [-0.3, -0.25) is 0 Å². The van der Waals surface area contributed by atoms with Crippen LogP contribution in [0.4, 0.5) is 0 Å². The fraction of sp³-hybridized carbons (Fsp3) is 0.692. The van der Waals surface area contributed by atoms with E-state index in [1.165, 1.54) is 8.66 Å². The van der Waals surface area contributed by atoms with E-state index in [4.69, 9.17) is 4.74 Å². The first-order chi connectivity index (χ1) is 8.21. The van der Waals surface area contributed by atoms with E-state index in [0.717, 1.165) is 26.0 Å². The summed E-state index contributed by atoms with van der Waals surface area (Å²) in [6, 6.07) is 4.72. The van der Waals surface area contributed by atoms with Crippen LogP contribution in [0.2, 0.25) is 0 Å². The normalized spacial score (nSPS) is 14.8. The first-order valence-corrected chi connectivity index (χ1v) is 7.91. The second-order valence-corrected chi connectivity index (χ2v) is 6.52. The van der Waals surface area contributed by atoms with E-state index in [0.29, 0.717) is 12.1 Å². The standard InChI is InChI=1S/C13H22BrNOS/c1-4-12(16-6-3)11(15-5-2)9-10-7-8-13(14)17-10/h7-8,11-12,15H,4-6,9H2,1-3H3. The predicted molar refractivity (Wildman–Crippen MR) is 78.9 cm³/mol. The highest BCUT2D eigenvalue weighted by atomic mass is 79.9. The molecule has 0 amide bonds. The number of thiophene rings is 1. The third-order valence-electron chi connectivity index (χ3n) is 2.75. The molecule has 1 aromatic heterocycles. The SMILES string of the molecule is CCNC(Cc1ccc(Br)s1)C(CC)OCC. The fourth-order valence-corrected chi connectivity index (χ4v) is 3.55. The Labute approximate surface area is 117 Å². The summed E-state index contributed by atoms with van der Waals surface area (Å²) in [4.78, 5) is 1.40. The number of ether oxygens (including phenoxy) is 1. The van der Waals surface area contributed by atoms with Gasteiger partial charge in [-0.05, 0) is 54.4 Å². The second kappa shape index (κ2) is 8.25. The second-order valence-electron chi connectivity index (χ2n) is 3.98. The van der Waals surface area contributed by atoms with E-state index in [-0.39, 0.29) is 0 Å². The third kappa shape index (κ3) is 5.08. The minimum absolute atomic E-state index is 0.306. The Morgan fingerprint density at radius 1 is 1.35 bits per heavy atom. The Morgan fingerprint density at radius 2 is 2.12 bits per heavy atom. The molecule has 0 bridgehead atoms. The van der Waals surface area contributed by atoms with Gasteiger partial charge in [0.05, 0.1) is 9.89 Å². The lowest BCUT2D eigenvalue weighted by molar-refractivity contribution is 0.0325. The highest BCUT2D eigenvalue weighted by Gasteiger charge is 2.20. The predicted octanol–water partition coefficient (Wildman–Crippen LogP) is 3.85. The lowest BCUT2D eigenvalue weighted by Crippen LogP contribution is -2.42. The first-order valence-electron chi connectivity index (χ1n) is 6.30. The number of hydrogen-bond donors (Lipinski definition) is 1. The number of halogens is 1. The average molecular weight is 320 g/mol. The molecule has 1 heterocycles. The Kier molecular flexibility index (Phi) is 7.35. The Bertz CT molecular complexity index is 316. The van der Waals surface area contributed by atoms with Crippen LogP contribution in [0.1, 0.15) is 32.1 Å². The maximum Gasteiger partial charge on any atom is 0.0728 e. The maximum absolute atomic E-state index is 5.82. The molecule has 1 N–H and O–H groups in total. The zero-order valence-electron chi connectivity index (χ0n) is 10.8. The fourth-order valence-electron chi connectivity index (χ4n) is 2.01. The van der Waals surface area contributed by atoms with Gasteiger partial charge >= 0.3 is 0 Å². The van der Waals surface area contributed by atoms with Gasteiger partial charge in [0.1, 0.15) is 0 Å². The summed E-state index contributed by atoms with van der Waals surface area (Å²) >= 11 is 5.32. The number of rotatable bonds is 8. The average Bonchev–Trinajstić information content (AvgIpc) is 2.71. The van der Waals surface area contributed by atoms with Crippen LogP contribution in [0.25, 0.3) is 0 Å². The third-order valence-corrected chi connectivity index (χ3v) is 4.39. The zero-order chi connectivity index (χ0) is 12.7. The molecule has 4 heteroatoms. The van der Waals surface area contributed by atoms with Gasteiger partial charge in [-0.1, -0.05) is 13.8 Å². The molecule has 17 heavy (non-hydrogen) atoms. The Morgan fingerprint density at radius 3 is 2.59 bits per heavy atom. The summed E-state index contributed by atoms with van der Waals surface area (Å²) in [6.07, 6.45) is 2.40. The van der Waals surface area contributed by atoms with Crippen molar-refractivity contribution in [3.8, 4) is 0 Å². The smallest absolute Gasteiger partial charge is 0.0728 e. The van der Waals surface area contributed by atoms with Crippen molar-refractivity contribution in [3.05, 3.63) is 20.8 Å². The molecule has 0 saturated carbocycles.